The maximum Gasteiger partial charge on any atom is 0.252 e. The molecule has 0 aromatic heterocycles. The van der Waals surface area contributed by atoms with Gasteiger partial charge in [-0.3, -0.25) is 10.0 Å². The van der Waals surface area contributed by atoms with Crippen molar-refractivity contribution < 1.29 is 15.1 Å². The lowest BCUT2D eigenvalue weighted by atomic mass is 9.88. The maximum atomic E-state index is 12.1. The fourth-order valence-corrected chi connectivity index (χ4v) is 1.60. The van der Waals surface area contributed by atoms with Crippen LogP contribution in [0.2, 0.25) is 0 Å². The van der Waals surface area contributed by atoms with Crippen molar-refractivity contribution in [1.29, 1.82) is 0 Å². The molecule has 0 radical (unpaired) electrons. The summed E-state index contributed by atoms with van der Waals surface area (Å²) in [7, 11) is 0. The minimum Gasteiger partial charge on any atom is -0.394 e. The van der Waals surface area contributed by atoms with E-state index in [9.17, 15) is 15.1 Å². The molecule has 0 aliphatic heterocycles. The van der Waals surface area contributed by atoms with Gasteiger partial charge >= 0.3 is 0 Å². The third kappa shape index (κ3) is 3.09. The summed E-state index contributed by atoms with van der Waals surface area (Å²) in [4.78, 5) is 12.1. The van der Waals surface area contributed by atoms with Crippen molar-refractivity contribution in [3.8, 4) is 0 Å². The van der Waals surface area contributed by atoms with Gasteiger partial charge in [0.2, 0.25) is 0 Å². The van der Waals surface area contributed by atoms with Gasteiger partial charge < -0.3 is 5.11 Å². The van der Waals surface area contributed by atoms with E-state index in [4.69, 9.17) is 0 Å². The number of aliphatic hydroxyl groups excluding tert-OH is 1. The molecule has 0 heterocycles. The van der Waals surface area contributed by atoms with Crippen LogP contribution in [0.5, 0.6) is 0 Å². The first kappa shape index (κ1) is 14.7. The first-order valence-corrected chi connectivity index (χ1v) is 6.12. The summed E-state index contributed by atoms with van der Waals surface area (Å²) >= 11 is 0. The zero-order chi connectivity index (χ0) is 13.8. The lowest BCUT2D eigenvalue weighted by Crippen LogP contribution is -2.41. The van der Waals surface area contributed by atoms with Gasteiger partial charge in [0.15, 0.2) is 0 Å². The second kappa shape index (κ2) is 5.98. The van der Waals surface area contributed by atoms with Crippen LogP contribution in [-0.2, 0) is 4.79 Å². The second-order valence-corrected chi connectivity index (χ2v) is 5.00. The second-order valence-electron chi connectivity index (χ2n) is 5.00. The number of hydroxylamine groups is 2. The van der Waals surface area contributed by atoms with Gasteiger partial charge in [-0.25, -0.2) is 5.06 Å². The van der Waals surface area contributed by atoms with Crippen LogP contribution < -0.4 is 0 Å². The average Bonchev–Trinajstić information content (AvgIpc) is 2.39. The Labute approximate surface area is 108 Å². The Balaban J connectivity index is 2.94. The highest BCUT2D eigenvalue weighted by atomic mass is 16.5. The van der Waals surface area contributed by atoms with Gasteiger partial charge in [0, 0.05) is 5.41 Å². The predicted molar refractivity (Wildman–Crippen MR) is 69.0 cm³/mol. The van der Waals surface area contributed by atoms with Crippen molar-refractivity contribution in [2.24, 2.45) is 5.41 Å². The molecule has 0 spiro atoms. The third-order valence-electron chi connectivity index (χ3n) is 3.32. The molecule has 1 atom stereocenters. The molecule has 1 aromatic carbocycles. The third-order valence-corrected chi connectivity index (χ3v) is 3.32. The minimum atomic E-state index is -0.718. The predicted octanol–water partition coefficient (Wildman–Crippen LogP) is 2.37. The number of carbonyl (C=O) groups excluding carboxylic acids is 1. The van der Waals surface area contributed by atoms with Crippen molar-refractivity contribution in [1.82, 2.24) is 5.06 Å². The molecule has 0 saturated carbocycles. The van der Waals surface area contributed by atoms with Crippen LogP contribution in [0.3, 0.4) is 0 Å². The Bertz CT molecular complexity index is 389. The summed E-state index contributed by atoms with van der Waals surface area (Å²) in [6.45, 7) is 5.13. The van der Waals surface area contributed by atoms with Gasteiger partial charge in [0.1, 0.15) is 6.04 Å². The molecule has 4 nitrogen and oxygen atoms in total. The Morgan fingerprint density at radius 1 is 1.33 bits per heavy atom. The average molecular weight is 251 g/mol. The van der Waals surface area contributed by atoms with Gasteiger partial charge in [-0.05, 0) is 12.0 Å². The molecular formula is C14H21NO3. The van der Waals surface area contributed by atoms with Crippen LogP contribution in [0.4, 0.5) is 0 Å². The van der Waals surface area contributed by atoms with E-state index < -0.39 is 11.5 Å². The van der Waals surface area contributed by atoms with Gasteiger partial charge in [0.05, 0.1) is 6.61 Å². The summed E-state index contributed by atoms with van der Waals surface area (Å²) in [6.07, 6.45) is 0.621. The van der Waals surface area contributed by atoms with E-state index in [0.717, 1.165) is 0 Å². The number of amides is 1. The molecule has 0 bridgehead atoms. The normalized spacial score (nSPS) is 13.2. The highest BCUT2D eigenvalue weighted by Crippen LogP contribution is 2.27. The number of carbonyl (C=O) groups is 1. The Morgan fingerprint density at radius 2 is 1.89 bits per heavy atom. The van der Waals surface area contributed by atoms with Crippen molar-refractivity contribution in [2.45, 2.75) is 33.2 Å². The molecule has 0 aliphatic carbocycles. The minimum absolute atomic E-state index is 0.313. The summed E-state index contributed by atoms with van der Waals surface area (Å²) in [5, 5.41) is 20.1. The first-order chi connectivity index (χ1) is 8.44. The van der Waals surface area contributed by atoms with Crippen LogP contribution in [0.15, 0.2) is 30.3 Å². The van der Waals surface area contributed by atoms with Gasteiger partial charge in [-0.2, -0.15) is 0 Å². The number of nitrogens with zero attached hydrogens (tertiary/aromatic N) is 1. The molecule has 1 amide bonds. The van der Waals surface area contributed by atoms with Crippen LogP contribution in [0.1, 0.15) is 38.8 Å². The fraction of sp³-hybridized carbons (Fsp3) is 0.500. The summed E-state index contributed by atoms with van der Waals surface area (Å²) < 4.78 is 0. The van der Waals surface area contributed by atoms with E-state index in [0.29, 0.717) is 17.0 Å². The molecular weight excluding hydrogens is 230 g/mol. The monoisotopic (exact) mass is 251 g/mol. The number of hydrogen-bond acceptors (Lipinski definition) is 3. The quantitative estimate of drug-likeness (QED) is 0.624. The molecule has 18 heavy (non-hydrogen) atoms. The smallest absolute Gasteiger partial charge is 0.252 e. The van der Waals surface area contributed by atoms with E-state index in [1.807, 2.05) is 13.0 Å². The molecule has 0 aliphatic rings. The van der Waals surface area contributed by atoms with Crippen LogP contribution in [0.25, 0.3) is 0 Å². The molecule has 2 N–H and O–H groups in total. The van der Waals surface area contributed by atoms with Crippen LogP contribution in [-0.4, -0.2) is 27.9 Å². The standard InChI is InChI=1S/C14H21NO3/c1-4-14(2,3)13(17)15(18)12(10-16)11-8-6-5-7-9-11/h5-9,12,16,18H,4,10H2,1-3H3. The lowest BCUT2D eigenvalue weighted by Gasteiger charge is -2.31. The van der Waals surface area contributed by atoms with E-state index in [1.54, 1.807) is 38.1 Å². The Kier molecular flexibility index (Phi) is 4.87. The number of aliphatic hydroxyl groups is 1. The SMILES string of the molecule is CCC(C)(C)C(=O)N(O)C(CO)c1ccccc1. The van der Waals surface area contributed by atoms with Crippen LogP contribution in [0, 0.1) is 5.41 Å². The lowest BCUT2D eigenvalue weighted by molar-refractivity contribution is -0.190. The fourth-order valence-electron chi connectivity index (χ4n) is 1.60. The van der Waals surface area contributed by atoms with E-state index in [-0.39, 0.29) is 12.5 Å². The molecule has 0 fully saturated rings. The van der Waals surface area contributed by atoms with E-state index in [1.165, 1.54) is 0 Å². The van der Waals surface area contributed by atoms with Crippen LogP contribution >= 0.6 is 0 Å². The topological polar surface area (TPSA) is 60.8 Å². The number of hydrogen-bond donors (Lipinski definition) is 2. The van der Waals surface area contributed by atoms with Crippen molar-refractivity contribution >= 4 is 5.91 Å². The van der Waals surface area contributed by atoms with E-state index >= 15 is 0 Å². The largest absolute Gasteiger partial charge is 0.394 e. The zero-order valence-corrected chi connectivity index (χ0v) is 11.1. The summed E-state index contributed by atoms with van der Waals surface area (Å²) in [6, 6.07) is 8.29. The summed E-state index contributed by atoms with van der Waals surface area (Å²) in [5.74, 6) is -0.382. The molecule has 0 saturated heterocycles. The highest BCUT2D eigenvalue weighted by molar-refractivity contribution is 5.81. The Hall–Kier alpha value is -1.39. The van der Waals surface area contributed by atoms with Crippen molar-refractivity contribution in [3.63, 3.8) is 0 Å². The Morgan fingerprint density at radius 3 is 2.33 bits per heavy atom. The van der Waals surface area contributed by atoms with Gasteiger partial charge in [-0.1, -0.05) is 51.1 Å². The van der Waals surface area contributed by atoms with Crippen molar-refractivity contribution in [3.05, 3.63) is 35.9 Å². The van der Waals surface area contributed by atoms with E-state index in [2.05, 4.69) is 0 Å². The molecule has 1 unspecified atom stereocenters. The van der Waals surface area contributed by atoms with Gasteiger partial charge in [0.25, 0.3) is 5.91 Å². The zero-order valence-electron chi connectivity index (χ0n) is 11.1. The first-order valence-electron chi connectivity index (χ1n) is 6.12. The number of benzene rings is 1. The summed E-state index contributed by atoms with van der Waals surface area (Å²) in [5.41, 5.74) is 0.0690. The molecule has 1 rings (SSSR count). The maximum absolute atomic E-state index is 12.1. The van der Waals surface area contributed by atoms with Crippen molar-refractivity contribution in [2.75, 3.05) is 6.61 Å². The molecule has 1 aromatic rings. The highest BCUT2D eigenvalue weighted by Gasteiger charge is 2.33. The molecule has 4 heteroatoms. The molecule has 100 valence electrons. The number of rotatable bonds is 5. The van der Waals surface area contributed by atoms with Gasteiger partial charge in [-0.15, -0.1) is 0 Å².